The van der Waals surface area contributed by atoms with E-state index >= 15 is 0 Å². The van der Waals surface area contributed by atoms with Crippen molar-refractivity contribution in [3.63, 3.8) is 0 Å². The van der Waals surface area contributed by atoms with Crippen molar-refractivity contribution in [3.05, 3.63) is 34.2 Å². The van der Waals surface area contributed by atoms with Gasteiger partial charge in [0.05, 0.1) is 16.4 Å². The molecule has 1 aromatic heterocycles. The summed E-state index contributed by atoms with van der Waals surface area (Å²) in [6, 6.07) is 4.47. The van der Waals surface area contributed by atoms with Crippen molar-refractivity contribution in [2.75, 3.05) is 0 Å². The molecule has 0 saturated heterocycles. The van der Waals surface area contributed by atoms with Crippen molar-refractivity contribution in [1.82, 2.24) is 9.97 Å². The number of imidazole rings is 1. The molecular formula is C12H15N3O3. The molecular weight excluding hydrogens is 234 g/mol. The van der Waals surface area contributed by atoms with Gasteiger partial charge in [-0.2, -0.15) is 0 Å². The van der Waals surface area contributed by atoms with E-state index in [0.717, 1.165) is 0 Å². The highest BCUT2D eigenvalue weighted by Gasteiger charge is 2.35. The molecule has 0 amide bonds. The number of carboxylic acids is 1. The SMILES string of the molecule is CC(C)(C(=O)O)C(N)c1ccc2[nH]c(=O)[nH]c2c1. The molecule has 2 aromatic rings. The second-order valence-electron chi connectivity index (χ2n) is 4.89. The van der Waals surface area contributed by atoms with Crippen LogP contribution in [0.4, 0.5) is 0 Å². The average molecular weight is 249 g/mol. The Labute approximate surface area is 103 Å². The van der Waals surface area contributed by atoms with Gasteiger partial charge in [0.1, 0.15) is 0 Å². The summed E-state index contributed by atoms with van der Waals surface area (Å²) < 4.78 is 0. The lowest BCUT2D eigenvalue weighted by Gasteiger charge is -2.27. The number of nitrogens with two attached hydrogens (primary N) is 1. The number of benzene rings is 1. The van der Waals surface area contributed by atoms with Gasteiger partial charge >= 0.3 is 11.7 Å². The molecule has 1 atom stereocenters. The maximum atomic E-state index is 11.2. The first-order valence-corrected chi connectivity index (χ1v) is 5.53. The number of carboxylic acid groups (broad SMARTS) is 1. The molecule has 5 N–H and O–H groups in total. The molecule has 0 aliphatic heterocycles. The van der Waals surface area contributed by atoms with E-state index < -0.39 is 17.4 Å². The van der Waals surface area contributed by atoms with Crippen molar-refractivity contribution >= 4 is 17.0 Å². The molecule has 1 unspecified atom stereocenters. The quantitative estimate of drug-likeness (QED) is 0.649. The van der Waals surface area contributed by atoms with E-state index in [1.165, 1.54) is 0 Å². The molecule has 0 aliphatic carbocycles. The summed E-state index contributed by atoms with van der Waals surface area (Å²) >= 11 is 0. The third-order valence-corrected chi connectivity index (χ3v) is 3.23. The van der Waals surface area contributed by atoms with Crippen LogP contribution in [0.5, 0.6) is 0 Å². The molecule has 0 radical (unpaired) electrons. The monoisotopic (exact) mass is 249 g/mol. The molecule has 6 nitrogen and oxygen atoms in total. The first kappa shape index (κ1) is 12.4. The topological polar surface area (TPSA) is 112 Å². The number of fused-ring (bicyclic) bond motifs is 1. The van der Waals surface area contributed by atoms with Crippen molar-refractivity contribution in [3.8, 4) is 0 Å². The fourth-order valence-corrected chi connectivity index (χ4v) is 1.79. The van der Waals surface area contributed by atoms with Crippen LogP contribution in [0.25, 0.3) is 11.0 Å². The minimum atomic E-state index is -1.08. The largest absolute Gasteiger partial charge is 0.481 e. The molecule has 18 heavy (non-hydrogen) atoms. The molecule has 1 heterocycles. The highest BCUT2D eigenvalue weighted by atomic mass is 16.4. The molecule has 0 bridgehead atoms. The number of carbonyl (C=O) groups is 1. The number of aliphatic carboxylic acids is 1. The van der Waals surface area contributed by atoms with E-state index in [4.69, 9.17) is 10.8 Å². The third kappa shape index (κ3) is 1.91. The van der Waals surface area contributed by atoms with Gasteiger partial charge in [0.15, 0.2) is 0 Å². The maximum Gasteiger partial charge on any atom is 0.323 e. The molecule has 96 valence electrons. The van der Waals surface area contributed by atoms with Crippen LogP contribution in [0, 0.1) is 5.41 Å². The van der Waals surface area contributed by atoms with Crippen molar-refractivity contribution in [1.29, 1.82) is 0 Å². The standard InChI is InChI=1S/C12H15N3O3/c1-12(2,10(16)17)9(13)6-3-4-7-8(5-6)15-11(18)14-7/h3-5,9H,13H2,1-2H3,(H,16,17)(H2,14,15,18). The fourth-order valence-electron chi connectivity index (χ4n) is 1.79. The second-order valence-corrected chi connectivity index (χ2v) is 4.89. The van der Waals surface area contributed by atoms with E-state index in [2.05, 4.69) is 9.97 Å². The number of aromatic amines is 2. The van der Waals surface area contributed by atoms with E-state index in [-0.39, 0.29) is 5.69 Å². The molecule has 0 aliphatic rings. The van der Waals surface area contributed by atoms with Crippen molar-refractivity contribution in [2.24, 2.45) is 11.1 Å². The van der Waals surface area contributed by atoms with E-state index in [9.17, 15) is 9.59 Å². The van der Waals surface area contributed by atoms with Gasteiger partial charge < -0.3 is 20.8 Å². The van der Waals surface area contributed by atoms with Crippen LogP contribution in [0.15, 0.2) is 23.0 Å². The van der Waals surface area contributed by atoms with E-state index in [0.29, 0.717) is 16.6 Å². The van der Waals surface area contributed by atoms with Crippen LogP contribution < -0.4 is 11.4 Å². The van der Waals surface area contributed by atoms with Gasteiger partial charge in [-0.15, -0.1) is 0 Å². The van der Waals surface area contributed by atoms with Gasteiger partial charge in [-0.3, -0.25) is 4.79 Å². The van der Waals surface area contributed by atoms with Gasteiger partial charge in [0.2, 0.25) is 0 Å². The fraction of sp³-hybridized carbons (Fsp3) is 0.333. The minimum Gasteiger partial charge on any atom is -0.481 e. The third-order valence-electron chi connectivity index (χ3n) is 3.23. The zero-order chi connectivity index (χ0) is 13.5. The number of aromatic nitrogens is 2. The normalized spacial score (nSPS) is 13.7. The molecule has 6 heteroatoms. The summed E-state index contributed by atoms with van der Waals surface area (Å²) in [5, 5.41) is 9.15. The average Bonchev–Trinajstić information content (AvgIpc) is 2.66. The van der Waals surface area contributed by atoms with Gasteiger partial charge in [-0.1, -0.05) is 6.07 Å². The first-order valence-electron chi connectivity index (χ1n) is 5.53. The smallest absolute Gasteiger partial charge is 0.323 e. The predicted molar refractivity (Wildman–Crippen MR) is 67.3 cm³/mol. The Morgan fingerprint density at radius 1 is 1.33 bits per heavy atom. The number of hydrogen-bond donors (Lipinski definition) is 4. The summed E-state index contributed by atoms with van der Waals surface area (Å²) in [7, 11) is 0. The van der Waals surface area contributed by atoms with Crippen LogP contribution in [0.3, 0.4) is 0 Å². The number of H-pyrrole nitrogens is 2. The highest BCUT2D eigenvalue weighted by Crippen LogP contribution is 2.32. The molecule has 0 fully saturated rings. The summed E-state index contributed by atoms with van der Waals surface area (Å²) in [6.07, 6.45) is 0. The summed E-state index contributed by atoms with van der Waals surface area (Å²) in [5.74, 6) is -0.961. The van der Waals surface area contributed by atoms with Crippen LogP contribution >= 0.6 is 0 Å². The van der Waals surface area contributed by atoms with Crippen LogP contribution in [-0.2, 0) is 4.79 Å². The molecule has 1 aromatic carbocycles. The zero-order valence-electron chi connectivity index (χ0n) is 10.2. The Hall–Kier alpha value is -2.08. The minimum absolute atomic E-state index is 0.298. The van der Waals surface area contributed by atoms with Gasteiger partial charge in [-0.25, -0.2) is 4.79 Å². The van der Waals surface area contributed by atoms with Crippen molar-refractivity contribution in [2.45, 2.75) is 19.9 Å². The highest BCUT2D eigenvalue weighted by molar-refractivity contribution is 5.77. The number of nitrogens with one attached hydrogen (secondary N) is 2. The number of rotatable bonds is 3. The van der Waals surface area contributed by atoms with Gasteiger partial charge in [0.25, 0.3) is 0 Å². The Balaban J connectivity index is 2.48. The second kappa shape index (κ2) is 3.99. The van der Waals surface area contributed by atoms with Gasteiger partial charge in [0, 0.05) is 6.04 Å². The molecule has 0 spiro atoms. The van der Waals surface area contributed by atoms with Crippen LogP contribution in [0.1, 0.15) is 25.5 Å². The molecule has 0 saturated carbocycles. The maximum absolute atomic E-state index is 11.2. The molecule has 2 rings (SSSR count). The Morgan fingerprint density at radius 2 is 1.94 bits per heavy atom. The Kier molecular flexibility index (Phi) is 2.74. The Bertz CT molecular complexity index is 654. The Morgan fingerprint density at radius 3 is 2.56 bits per heavy atom. The van der Waals surface area contributed by atoms with Crippen molar-refractivity contribution < 1.29 is 9.90 Å². The lowest BCUT2D eigenvalue weighted by Crippen LogP contribution is -2.36. The predicted octanol–water partition coefficient (Wildman–Crippen LogP) is 0.967. The van der Waals surface area contributed by atoms with E-state index in [1.807, 2.05) is 0 Å². The zero-order valence-corrected chi connectivity index (χ0v) is 10.2. The van der Waals surface area contributed by atoms with E-state index in [1.54, 1.807) is 32.0 Å². The number of hydrogen-bond acceptors (Lipinski definition) is 3. The summed E-state index contributed by atoms with van der Waals surface area (Å²) in [5.41, 5.74) is 6.57. The summed E-state index contributed by atoms with van der Waals surface area (Å²) in [4.78, 5) is 27.5. The van der Waals surface area contributed by atoms with Crippen LogP contribution in [0.2, 0.25) is 0 Å². The lowest BCUT2D eigenvalue weighted by atomic mass is 9.81. The summed E-state index contributed by atoms with van der Waals surface area (Å²) in [6.45, 7) is 3.15. The lowest BCUT2D eigenvalue weighted by molar-refractivity contribution is -0.148. The van der Waals surface area contributed by atoms with Crippen LogP contribution in [-0.4, -0.2) is 21.0 Å². The van der Waals surface area contributed by atoms with Gasteiger partial charge in [-0.05, 0) is 31.5 Å². The first-order chi connectivity index (χ1) is 8.32.